The summed E-state index contributed by atoms with van der Waals surface area (Å²) < 4.78 is 0. The average Bonchev–Trinajstić information content (AvgIpc) is 2.43. The lowest BCUT2D eigenvalue weighted by molar-refractivity contribution is 0.860. The van der Waals surface area contributed by atoms with Crippen LogP contribution >= 0.6 is 11.8 Å². The van der Waals surface area contributed by atoms with Crippen LogP contribution in [-0.2, 0) is 6.42 Å². The van der Waals surface area contributed by atoms with E-state index >= 15 is 0 Å². The summed E-state index contributed by atoms with van der Waals surface area (Å²) >= 11 is 2.00. The zero-order valence-corrected chi connectivity index (χ0v) is 11.8. The summed E-state index contributed by atoms with van der Waals surface area (Å²) in [5, 5.41) is 4.19. The molecule has 1 nitrogen and oxygen atoms in total. The summed E-state index contributed by atoms with van der Waals surface area (Å²) in [5.41, 5.74) is 4.17. The van der Waals surface area contributed by atoms with Gasteiger partial charge in [0.25, 0.3) is 0 Å². The number of benzene rings is 1. The summed E-state index contributed by atoms with van der Waals surface area (Å²) in [6, 6.07) is 7.24. The largest absolute Gasteiger partial charge is 0.376 e. The number of hydrogen-bond acceptors (Lipinski definition) is 2. The Kier molecular flexibility index (Phi) is 3.21. The van der Waals surface area contributed by atoms with Crippen molar-refractivity contribution in [3.8, 4) is 0 Å². The SMILES string of the molecule is CCC1=C[C@H]2Sc3cc(CC)ccc3N[C@H]2C=C1. The van der Waals surface area contributed by atoms with Crippen molar-refractivity contribution in [1.29, 1.82) is 0 Å². The van der Waals surface area contributed by atoms with Crippen molar-refractivity contribution < 1.29 is 0 Å². The van der Waals surface area contributed by atoms with Crippen LogP contribution in [0.25, 0.3) is 0 Å². The monoisotopic (exact) mass is 257 g/mol. The second kappa shape index (κ2) is 4.85. The van der Waals surface area contributed by atoms with E-state index < -0.39 is 0 Å². The van der Waals surface area contributed by atoms with Crippen LogP contribution in [0.5, 0.6) is 0 Å². The highest BCUT2D eigenvalue weighted by atomic mass is 32.2. The Balaban J connectivity index is 1.91. The fourth-order valence-corrected chi connectivity index (χ4v) is 3.82. The lowest BCUT2D eigenvalue weighted by atomic mass is 10.00. The highest BCUT2D eigenvalue weighted by molar-refractivity contribution is 8.00. The van der Waals surface area contributed by atoms with E-state index in [0.717, 1.165) is 12.8 Å². The maximum atomic E-state index is 3.64. The summed E-state index contributed by atoms with van der Waals surface area (Å²) in [7, 11) is 0. The van der Waals surface area contributed by atoms with Crippen LogP contribution in [-0.4, -0.2) is 11.3 Å². The Labute approximate surface area is 113 Å². The van der Waals surface area contributed by atoms with E-state index in [9.17, 15) is 0 Å². The minimum absolute atomic E-state index is 0.449. The Morgan fingerprint density at radius 3 is 2.89 bits per heavy atom. The van der Waals surface area contributed by atoms with Crippen LogP contribution in [0.1, 0.15) is 25.8 Å². The maximum Gasteiger partial charge on any atom is 0.0605 e. The molecule has 0 saturated heterocycles. The van der Waals surface area contributed by atoms with Crippen LogP contribution in [0, 0.1) is 0 Å². The molecular weight excluding hydrogens is 238 g/mol. The van der Waals surface area contributed by atoms with Gasteiger partial charge >= 0.3 is 0 Å². The van der Waals surface area contributed by atoms with Crippen molar-refractivity contribution in [1.82, 2.24) is 0 Å². The van der Waals surface area contributed by atoms with Gasteiger partial charge in [-0.05, 0) is 30.5 Å². The molecule has 1 aliphatic heterocycles. The third-order valence-electron chi connectivity index (χ3n) is 3.70. The Hall–Kier alpha value is -1.15. The molecule has 0 radical (unpaired) electrons. The number of nitrogens with one attached hydrogen (secondary N) is 1. The predicted molar refractivity (Wildman–Crippen MR) is 80.4 cm³/mol. The van der Waals surface area contributed by atoms with Crippen LogP contribution in [0.3, 0.4) is 0 Å². The van der Waals surface area contributed by atoms with Crippen LogP contribution in [0.4, 0.5) is 5.69 Å². The fraction of sp³-hybridized carbons (Fsp3) is 0.375. The van der Waals surface area contributed by atoms with Crippen molar-refractivity contribution in [3.05, 3.63) is 47.6 Å². The Bertz CT molecular complexity index is 516. The van der Waals surface area contributed by atoms with Crippen LogP contribution in [0.15, 0.2) is 46.9 Å². The second-order valence-electron chi connectivity index (χ2n) is 4.89. The molecule has 0 spiro atoms. The zero-order valence-electron chi connectivity index (χ0n) is 10.9. The smallest absolute Gasteiger partial charge is 0.0605 e. The van der Waals surface area contributed by atoms with Crippen molar-refractivity contribution in [2.24, 2.45) is 0 Å². The standard InChI is InChI=1S/C16H19NS/c1-3-11-5-7-13-15(9-11)18-16-10-12(4-2)6-8-14(16)17-13/h5-10,13,15,17H,3-4H2,1-2H3/t13-,15+/m0/s1. The van der Waals surface area contributed by atoms with Gasteiger partial charge < -0.3 is 5.32 Å². The number of thioether (sulfide) groups is 1. The first-order valence-corrected chi connectivity index (χ1v) is 7.63. The third-order valence-corrected chi connectivity index (χ3v) is 4.99. The van der Waals surface area contributed by atoms with E-state index in [1.807, 2.05) is 11.8 Å². The number of anilines is 1. The lowest BCUT2D eigenvalue weighted by Gasteiger charge is -2.33. The first-order valence-electron chi connectivity index (χ1n) is 6.75. The normalized spacial score (nSPS) is 24.9. The van der Waals surface area contributed by atoms with E-state index in [2.05, 4.69) is 55.6 Å². The minimum atomic E-state index is 0.449. The predicted octanol–water partition coefficient (Wildman–Crippen LogP) is 4.41. The maximum absolute atomic E-state index is 3.64. The molecular formula is C16H19NS. The van der Waals surface area contributed by atoms with Gasteiger partial charge in [0.1, 0.15) is 0 Å². The van der Waals surface area contributed by atoms with Gasteiger partial charge in [-0.25, -0.2) is 0 Å². The van der Waals surface area contributed by atoms with Gasteiger partial charge in [0.05, 0.1) is 11.3 Å². The zero-order chi connectivity index (χ0) is 12.5. The van der Waals surface area contributed by atoms with Gasteiger partial charge in [0, 0.05) is 10.6 Å². The molecule has 94 valence electrons. The van der Waals surface area contributed by atoms with Crippen molar-refractivity contribution >= 4 is 17.4 Å². The molecule has 0 fully saturated rings. The molecule has 0 bridgehead atoms. The van der Waals surface area contributed by atoms with E-state index in [4.69, 9.17) is 0 Å². The number of aryl methyl sites for hydroxylation is 1. The summed E-state index contributed by atoms with van der Waals surface area (Å²) in [4.78, 5) is 1.40. The molecule has 0 amide bonds. The molecule has 2 heteroatoms. The quantitative estimate of drug-likeness (QED) is 0.842. The van der Waals surface area contributed by atoms with Crippen molar-refractivity contribution in [2.45, 2.75) is 42.9 Å². The lowest BCUT2D eigenvalue weighted by Crippen LogP contribution is -2.33. The van der Waals surface area contributed by atoms with Gasteiger partial charge in [0.2, 0.25) is 0 Å². The third kappa shape index (κ3) is 2.10. The molecule has 1 heterocycles. The van der Waals surface area contributed by atoms with Crippen molar-refractivity contribution in [2.75, 3.05) is 5.32 Å². The Morgan fingerprint density at radius 2 is 2.11 bits per heavy atom. The first-order chi connectivity index (χ1) is 8.80. The number of hydrogen-bond donors (Lipinski definition) is 1. The Morgan fingerprint density at radius 1 is 1.22 bits per heavy atom. The van der Waals surface area contributed by atoms with Gasteiger partial charge in [-0.1, -0.05) is 43.7 Å². The van der Waals surface area contributed by atoms with E-state index in [-0.39, 0.29) is 0 Å². The van der Waals surface area contributed by atoms with Gasteiger partial charge in [-0.3, -0.25) is 0 Å². The molecule has 2 atom stereocenters. The molecule has 1 aromatic carbocycles. The molecule has 18 heavy (non-hydrogen) atoms. The summed E-state index contributed by atoms with van der Waals surface area (Å²) in [6.45, 7) is 4.43. The van der Waals surface area contributed by atoms with Crippen LogP contribution in [0.2, 0.25) is 0 Å². The van der Waals surface area contributed by atoms with E-state index in [1.54, 1.807) is 0 Å². The second-order valence-corrected chi connectivity index (χ2v) is 6.11. The number of fused-ring (bicyclic) bond motifs is 2. The topological polar surface area (TPSA) is 12.0 Å². The first kappa shape index (κ1) is 11.9. The number of rotatable bonds is 2. The van der Waals surface area contributed by atoms with E-state index in [1.165, 1.54) is 21.7 Å². The fourth-order valence-electron chi connectivity index (χ4n) is 2.51. The molecule has 1 aromatic rings. The average molecular weight is 257 g/mol. The van der Waals surface area contributed by atoms with Gasteiger partial charge in [0.15, 0.2) is 0 Å². The summed E-state index contributed by atoms with van der Waals surface area (Å²) in [5.74, 6) is 0. The number of allylic oxidation sites excluding steroid dienone is 2. The van der Waals surface area contributed by atoms with Gasteiger partial charge in [-0.2, -0.15) is 0 Å². The highest BCUT2D eigenvalue weighted by Crippen LogP contribution is 2.41. The van der Waals surface area contributed by atoms with Gasteiger partial charge in [-0.15, -0.1) is 11.8 Å². The molecule has 1 aliphatic carbocycles. The molecule has 2 aliphatic rings. The molecule has 1 N–H and O–H groups in total. The van der Waals surface area contributed by atoms with E-state index in [0.29, 0.717) is 11.3 Å². The minimum Gasteiger partial charge on any atom is -0.376 e. The molecule has 3 rings (SSSR count). The van der Waals surface area contributed by atoms with Crippen LogP contribution < -0.4 is 5.32 Å². The van der Waals surface area contributed by atoms with Crippen molar-refractivity contribution in [3.63, 3.8) is 0 Å². The molecule has 0 aromatic heterocycles. The highest BCUT2D eigenvalue weighted by Gasteiger charge is 2.27. The molecule has 0 saturated carbocycles. The molecule has 0 unspecified atom stereocenters. The summed E-state index contributed by atoms with van der Waals surface area (Å²) in [6.07, 6.45) is 9.23.